The zero-order valence-electron chi connectivity index (χ0n) is 22.9. The maximum atomic E-state index is 14.0. The number of rotatable bonds is 10. The van der Waals surface area contributed by atoms with E-state index in [9.17, 15) is 9.59 Å². The molecular weight excluding hydrogens is 536 g/mol. The number of carbonyl (C=O) groups is 1. The lowest BCUT2D eigenvalue weighted by Gasteiger charge is -2.25. The van der Waals surface area contributed by atoms with Crippen LogP contribution in [0.1, 0.15) is 36.6 Å². The number of aromatic nitrogens is 1. The van der Waals surface area contributed by atoms with Gasteiger partial charge in [0.15, 0.2) is 16.3 Å². The molecule has 0 fully saturated rings. The smallest absolute Gasteiger partial charge is 0.338 e. The van der Waals surface area contributed by atoms with Crippen molar-refractivity contribution in [2.45, 2.75) is 19.9 Å². The first kappa shape index (κ1) is 27.9. The van der Waals surface area contributed by atoms with E-state index in [4.69, 9.17) is 19.2 Å². The maximum absolute atomic E-state index is 14.0. The second-order valence-corrected chi connectivity index (χ2v) is 10.1. The zero-order valence-corrected chi connectivity index (χ0v) is 23.7. The van der Waals surface area contributed by atoms with Crippen LogP contribution in [0.2, 0.25) is 0 Å². The third kappa shape index (κ3) is 5.78. The second-order valence-electron chi connectivity index (χ2n) is 9.08. The van der Waals surface area contributed by atoms with Crippen molar-refractivity contribution in [3.8, 4) is 11.5 Å². The first-order valence-electron chi connectivity index (χ1n) is 13.4. The number of hydrogen-bond donors (Lipinski definition) is 0. The van der Waals surface area contributed by atoms with Crippen molar-refractivity contribution in [1.82, 2.24) is 4.57 Å². The van der Waals surface area contributed by atoms with Gasteiger partial charge < -0.3 is 14.2 Å². The lowest BCUT2D eigenvalue weighted by atomic mass is 9.93. The fraction of sp³-hybridized carbons (Fsp3) is 0.182. The Morgan fingerprint density at radius 2 is 1.71 bits per heavy atom. The van der Waals surface area contributed by atoms with Crippen molar-refractivity contribution in [1.29, 1.82) is 0 Å². The van der Waals surface area contributed by atoms with E-state index in [1.165, 1.54) is 11.3 Å². The van der Waals surface area contributed by atoms with Crippen LogP contribution in [0.5, 0.6) is 11.5 Å². The highest BCUT2D eigenvalue weighted by Gasteiger charge is 2.35. The minimum Gasteiger partial charge on any atom is -0.490 e. The number of benzene rings is 3. The molecule has 0 saturated carbocycles. The number of hydrogen-bond acceptors (Lipinski definition) is 7. The lowest BCUT2D eigenvalue weighted by molar-refractivity contribution is -0.138. The summed E-state index contributed by atoms with van der Waals surface area (Å²) in [5.74, 6) is 0.671. The maximum Gasteiger partial charge on any atom is 0.338 e. The fourth-order valence-corrected chi connectivity index (χ4v) is 5.69. The minimum atomic E-state index is -0.711. The molecule has 0 radical (unpaired) electrons. The van der Waals surface area contributed by atoms with E-state index in [1.807, 2.05) is 91.9 Å². The average Bonchev–Trinajstić information content (AvgIpc) is 3.31. The molecule has 1 aliphatic rings. The summed E-state index contributed by atoms with van der Waals surface area (Å²) in [5.41, 5.74) is 2.90. The van der Waals surface area contributed by atoms with Crippen molar-refractivity contribution in [2.75, 3.05) is 19.8 Å². The van der Waals surface area contributed by atoms with Crippen LogP contribution in [0.3, 0.4) is 0 Å². The molecule has 3 aromatic carbocycles. The lowest BCUT2D eigenvalue weighted by Crippen LogP contribution is -2.39. The van der Waals surface area contributed by atoms with Gasteiger partial charge in [0.05, 0.1) is 35.1 Å². The van der Waals surface area contributed by atoms with Crippen LogP contribution in [0.4, 0.5) is 0 Å². The molecule has 0 saturated heterocycles. The van der Waals surface area contributed by atoms with Crippen LogP contribution < -0.4 is 24.4 Å². The van der Waals surface area contributed by atoms with Crippen LogP contribution in [-0.4, -0.2) is 30.4 Å². The van der Waals surface area contributed by atoms with Crippen molar-refractivity contribution in [3.05, 3.63) is 133 Å². The first-order chi connectivity index (χ1) is 20.0. The Hall–Kier alpha value is -4.69. The molecule has 1 atom stereocenters. The van der Waals surface area contributed by atoms with Gasteiger partial charge in [0.25, 0.3) is 5.56 Å². The molecule has 1 aliphatic heterocycles. The van der Waals surface area contributed by atoms with E-state index >= 15 is 0 Å². The third-order valence-electron chi connectivity index (χ3n) is 6.41. The molecule has 0 unspecified atom stereocenters. The SMILES string of the molecule is C=CCOc1ccc(/C=c2\sc3n(c2=O)[C@@H](c2ccccc2)C(C(=O)OCC)=C(c2ccccc2)N=3)cc1OCC. The van der Waals surface area contributed by atoms with Crippen LogP contribution in [0.15, 0.2) is 107 Å². The van der Waals surface area contributed by atoms with Crippen LogP contribution in [0.25, 0.3) is 11.8 Å². The summed E-state index contributed by atoms with van der Waals surface area (Å²) in [4.78, 5) is 32.9. The number of fused-ring (bicyclic) bond motifs is 1. The van der Waals surface area contributed by atoms with Gasteiger partial charge in [-0.3, -0.25) is 9.36 Å². The molecule has 4 aromatic rings. The summed E-state index contributed by atoms with van der Waals surface area (Å²) in [6, 6.07) is 23.8. The number of ether oxygens (including phenoxy) is 3. The molecule has 0 bridgehead atoms. The highest BCUT2D eigenvalue weighted by molar-refractivity contribution is 7.07. The molecule has 0 amide bonds. The quantitative estimate of drug-likeness (QED) is 0.202. The van der Waals surface area contributed by atoms with E-state index in [1.54, 1.807) is 17.6 Å². The van der Waals surface area contributed by atoms with Gasteiger partial charge in [-0.1, -0.05) is 90.7 Å². The van der Waals surface area contributed by atoms with E-state index in [2.05, 4.69) is 6.58 Å². The molecule has 7 nitrogen and oxygen atoms in total. The normalized spacial score (nSPS) is 14.7. The Morgan fingerprint density at radius 3 is 2.39 bits per heavy atom. The predicted octanol–water partition coefficient (Wildman–Crippen LogP) is 4.90. The van der Waals surface area contributed by atoms with Crippen molar-refractivity contribution in [3.63, 3.8) is 0 Å². The number of carbonyl (C=O) groups excluding carboxylic acids is 1. The van der Waals surface area contributed by atoms with E-state index < -0.39 is 12.0 Å². The average molecular weight is 567 g/mol. The Morgan fingerprint density at radius 1 is 0.976 bits per heavy atom. The van der Waals surface area contributed by atoms with E-state index in [-0.39, 0.29) is 12.2 Å². The molecule has 41 heavy (non-hydrogen) atoms. The first-order valence-corrected chi connectivity index (χ1v) is 14.2. The van der Waals surface area contributed by atoms with Gasteiger partial charge in [-0.2, -0.15) is 0 Å². The second kappa shape index (κ2) is 12.7. The van der Waals surface area contributed by atoms with Gasteiger partial charge in [0.2, 0.25) is 0 Å². The van der Waals surface area contributed by atoms with Crippen molar-refractivity contribution >= 4 is 29.1 Å². The van der Waals surface area contributed by atoms with Crippen LogP contribution >= 0.6 is 11.3 Å². The molecule has 208 valence electrons. The molecule has 8 heteroatoms. The Bertz CT molecular complexity index is 1770. The summed E-state index contributed by atoms with van der Waals surface area (Å²) in [7, 11) is 0. The summed E-state index contributed by atoms with van der Waals surface area (Å²) < 4.78 is 19.1. The molecular formula is C33H30N2O5S. The van der Waals surface area contributed by atoms with Gasteiger partial charge in [-0.25, -0.2) is 9.79 Å². The highest BCUT2D eigenvalue weighted by Crippen LogP contribution is 2.35. The van der Waals surface area contributed by atoms with Gasteiger partial charge in [-0.05, 0) is 43.2 Å². The summed E-state index contributed by atoms with van der Waals surface area (Å²) in [6.07, 6.45) is 3.48. The zero-order chi connectivity index (χ0) is 28.8. The third-order valence-corrected chi connectivity index (χ3v) is 7.39. The van der Waals surface area contributed by atoms with Crippen LogP contribution in [-0.2, 0) is 9.53 Å². The summed E-state index contributed by atoms with van der Waals surface area (Å²) in [6.45, 7) is 8.37. The Labute approximate surface area is 242 Å². The van der Waals surface area contributed by atoms with Gasteiger partial charge in [0, 0.05) is 5.56 Å². The Balaban J connectivity index is 1.73. The topological polar surface area (TPSA) is 79.1 Å². The number of esters is 1. The summed E-state index contributed by atoms with van der Waals surface area (Å²) in [5, 5.41) is 0. The predicted molar refractivity (Wildman–Crippen MR) is 161 cm³/mol. The number of thiazole rings is 1. The monoisotopic (exact) mass is 566 g/mol. The molecule has 1 aromatic heterocycles. The van der Waals surface area contributed by atoms with E-state index in [0.717, 1.165) is 16.7 Å². The van der Waals surface area contributed by atoms with Gasteiger partial charge in [0.1, 0.15) is 6.61 Å². The highest BCUT2D eigenvalue weighted by atomic mass is 32.1. The molecule has 0 N–H and O–H groups in total. The fourth-order valence-electron chi connectivity index (χ4n) is 4.69. The minimum absolute atomic E-state index is 0.199. The molecule has 0 aliphatic carbocycles. The number of nitrogens with zero attached hydrogens (tertiary/aromatic N) is 2. The van der Waals surface area contributed by atoms with Crippen molar-refractivity contribution < 1.29 is 19.0 Å². The standard InChI is InChI=1S/C33H30N2O5S/c1-4-19-40-25-18-17-22(20-26(25)38-5-2)21-27-31(36)35-30(24-15-11-8-12-16-24)28(32(37)39-6-3)29(34-33(35)41-27)23-13-9-7-10-14-23/h4,7-18,20-21,30H,1,5-6,19H2,2-3H3/b27-21-/t30-/m0/s1. The van der Waals surface area contributed by atoms with Crippen molar-refractivity contribution in [2.24, 2.45) is 4.99 Å². The summed E-state index contributed by atoms with van der Waals surface area (Å²) >= 11 is 1.27. The molecule has 5 rings (SSSR count). The van der Waals surface area contributed by atoms with Crippen LogP contribution in [0, 0.1) is 0 Å². The molecule has 0 spiro atoms. The largest absolute Gasteiger partial charge is 0.490 e. The Kier molecular flexibility index (Phi) is 8.60. The van der Waals surface area contributed by atoms with Gasteiger partial charge in [-0.15, -0.1) is 0 Å². The molecule has 2 heterocycles. The van der Waals surface area contributed by atoms with E-state index in [0.29, 0.717) is 45.3 Å². The van der Waals surface area contributed by atoms with Gasteiger partial charge >= 0.3 is 5.97 Å².